The van der Waals surface area contributed by atoms with Gasteiger partial charge in [-0.3, -0.25) is 0 Å². The van der Waals surface area contributed by atoms with Crippen LogP contribution < -0.4 is 10.6 Å². The Kier molecular flexibility index (Phi) is 2.90. The highest BCUT2D eigenvalue weighted by molar-refractivity contribution is 5.56. The average Bonchev–Trinajstić information content (AvgIpc) is 2.39. The van der Waals surface area contributed by atoms with E-state index in [-0.39, 0.29) is 5.82 Å². The number of nitrogens with zero attached hydrogens (tertiary/aromatic N) is 2. The Hall–Kier alpha value is -2.01. The lowest BCUT2D eigenvalue weighted by molar-refractivity contribution is 0.617. The molecule has 0 bridgehead atoms. The van der Waals surface area contributed by atoms with Gasteiger partial charge in [-0.1, -0.05) is 6.07 Å². The van der Waals surface area contributed by atoms with E-state index in [4.69, 9.17) is 0 Å². The van der Waals surface area contributed by atoms with Crippen LogP contribution in [0.2, 0.25) is 0 Å². The molecule has 0 saturated carbocycles. The number of hydrogen-bond acceptors (Lipinski definition) is 4. The van der Waals surface area contributed by atoms with E-state index >= 15 is 0 Å². The summed E-state index contributed by atoms with van der Waals surface area (Å²) in [5.74, 6) is 0.386. The molecule has 0 spiro atoms. The molecular weight excluding hydrogens is 231 g/mol. The zero-order valence-corrected chi connectivity index (χ0v) is 9.78. The lowest BCUT2D eigenvalue weighted by Crippen LogP contribution is -2.25. The van der Waals surface area contributed by atoms with Crippen molar-refractivity contribution in [3.8, 4) is 0 Å². The molecule has 1 aromatic carbocycles. The lowest BCUT2D eigenvalue weighted by atomic mass is 10.1. The van der Waals surface area contributed by atoms with Crippen LogP contribution in [0.1, 0.15) is 11.3 Å². The number of halogens is 1. The SMILES string of the molecule is Fc1cccc(Nc2cc3c(nn2)CNCC3)c1. The summed E-state index contributed by atoms with van der Waals surface area (Å²) in [6.45, 7) is 1.72. The quantitative estimate of drug-likeness (QED) is 0.848. The first-order valence-corrected chi connectivity index (χ1v) is 5.90. The first-order chi connectivity index (χ1) is 8.81. The van der Waals surface area contributed by atoms with Crippen LogP contribution in [0.15, 0.2) is 30.3 Å². The first-order valence-electron chi connectivity index (χ1n) is 5.90. The van der Waals surface area contributed by atoms with Crippen molar-refractivity contribution < 1.29 is 4.39 Å². The molecule has 1 aliphatic heterocycles. The molecule has 2 aromatic rings. The van der Waals surface area contributed by atoms with Crippen molar-refractivity contribution in [3.63, 3.8) is 0 Å². The van der Waals surface area contributed by atoms with E-state index in [0.717, 1.165) is 25.2 Å². The fourth-order valence-corrected chi connectivity index (χ4v) is 2.03. The van der Waals surface area contributed by atoms with Crippen LogP contribution in [0.4, 0.5) is 15.9 Å². The Morgan fingerprint density at radius 1 is 1.22 bits per heavy atom. The van der Waals surface area contributed by atoms with Gasteiger partial charge in [0.15, 0.2) is 5.82 Å². The minimum Gasteiger partial charge on any atom is -0.339 e. The molecule has 18 heavy (non-hydrogen) atoms. The molecule has 0 saturated heterocycles. The average molecular weight is 244 g/mol. The van der Waals surface area contributed by atoms with E-state index < -0.39 is 0 Å². The van der Waals surface area contributed by atoms with Gasteiger partial charge in [-0.25, -0.2) is 4.39 Å². The molecule has 2 heterocycles. The summed E-state index contributed by atoms with van der Waals surface area (Å²) in [5.41, 5.74) is 2.87. The Morgan fingerprint density at radius 2 is 2.17 bits per heavy atom. The van der Waals surface area contributed by atoms with Gasteiger partial charge in [0.25, 0.3) is 0 Å². The molecule has 0 amide bonds. The second-order valence-electron chi connectivity index (χ2n) is 4.26. The molecule has 0 aliphatic carbocycles. The lowest BCUT2D eigenvalue weighted by Gasteiger charge is -2.16. The number of aromatic nitrogens is 2. The van der Waals surface area contributed by atoms with Crippen LogP contribution in [0.5, 0.6) is 0 Å². The minimum atomic E-state index is -0.268. The van der Waals surface area contributed by atoms with Crippen LogP contribution >= 0.6 is 0 Å². The van der Waals surface area contributed by atoms with Crippen molar-refractivity contribution in [2.75, 3.05) is 11.9 Å². The maximum atomic E-state index is 13.1. The summed E-state index contributed by atoms with van der Waals surface area (Å²) in [7, 11) is 0. The van der Waals surface area contributed by atoms with Gasteiger partial charge in [-0.15, -0.1) is 5.10 Å². The molecule has 5 heteroatoms. The summed E-state index contributed by atoms with van der Waals surface area (Å²) in [4.78, 5) is 0. The third-order valence-corrected chi connectivity index (χ3v) is 2.92. The highest BCUT2D eigenvalue weighted by Crippen LogP contribution is 2.18. The summed E-state index contributed by atoms with van der Waals surface area (Å²) >= 11 is 0. The summed E-state index contributed by atoms with van der Waals surface area (Å²) in [6.07, 6.45) is 0.947. The van der Waals surface area contributed by atoms with Crippen LogP contribution in [-0.4, -0.2) is 16.7 Å². The van der Waals surface area contributed by atoms with Gasteiger partial charge < -0.3 is 10.6 Å². The monoisotopic (exact) mass is 244 g/mol. The number of fused-ring (bicyclic) bond motifs is 1. The zero-order chi connectivity index (χ0) is 12.4. The number of hydrogen-bond donors (Lipinski definition) is 2. The first kappa shape index (κ1) is 11.1. The van der Waals surface area contributed by atoms with Crippen LogP contribution in [-0.2, 0) is 13.0 Å². The zero-order valence-electron chi connectivity index (χ0n) is 9.78. The Bertz CT molecular complexity index is 571. The highest BCUT2D eigenvalue weighted by Gasteiger charge is 2.11. The second kappa shape index (κ2) is 4.70. The van der Waals surface area contributed by atoms with E-state index in [0.29, 0.717) is 11.5 Å². The molecule has 3 rings (SSSR count). The van der Waals surface area contributed by atoms with E-state index in [1.807, 2.05) is 6.07 Å². The number of rotatable bonds is 2. The van der Waals surface area contributed by atoms with Crippen molar-refractivity contribution in [1.29, 1.82) is 0 Å². The van der Waals surface area contributed by atoms with Crippen LogP contribution in [0, 0.1) is 5.82 Å². The van der Waals surface area contributed by atoms with Crippen LogP contribution in [0.25, 0.3) is 0 Å². The Balaban J connectivity index is 1.85. The topological polar surface area (TPSA) is 49.8 Å². The summed E-state index contributed by atoms with van der Waals surface area (Å²) in [5, 5.41) is 14.6. The molecule has 4 nitrogen and oxygen atoms in total. The van der Waals surface area contributed by atoms with E-state index in [9.17, 15) is 4.39 Å². The van der Waals surface area contributed by atoms with Crippen molar-refractivity contribution in [2.45, 2.75) is 13.0 Å². The second-order valence-corrected chi connectivity index (χ2v) is 4.26. The standard InChI is InChI=1S/C13H13FN4/c14-10-2-1-3-11(7-10)16-13-6-9-4-5-15-8-12(9)17-18-13/h1-3,6-7,15H,4-5,8H2,(H,16,18). The number of benzene rings is 1. The molecule has 1 aromatic heterocycles. The third-order valence-electron chi connectivity index (χ3n) is 2.92. The van der Waals surface area contributed by atoms with Gasteiger partial charge in [-0.2, -0.15) is 5.10 Å². The highest BCUT2D eigenvalue weighted by atomic mass is 19.1. The van der Waals surface area contributed by atoms with E-state index in [2.05, 4.69) is 20.8 Å². The Morgan fingerprint density at radius 3 is 3.06 bits per heavy atom. The predicted octanol–water partition coefficient (Wildman–Crippen LogP) is 2.00. The van der Waals surface area contributed by atoms with Gasteiger partial charge in [-0.05, 0) is 42.8 Å². The van der Waals surface area contributed by atoms with Crippen molar-refractivity contribution >= 4 is 11.5 Å². The van der Waals surface area contributed by atoms with Crippen molar-refractivity contribution in [1.82, 2.24) is 15.5 Å². The maximum absolute atomic E-state index is 13.1. The fraction of sp³-hybridized carbons (Fsp3) is 0.231. The molecule has 0 atom stereocenters. The normalized spacial score (nSPS) is 14.1. The van der Waals surface area contributed by atoms with Gasteiger partial charge >= 0.3 is 0 Å². The molecular formula is C13H13FN4. The van der Waals surface area contributed by atoms with E-state index in [1.165, 1.54) is 17.7 Å². The fourth-order valence-electron chi connectivity index (χ4n) is 2.03. The van der Waals surface area contributed by atoms with Crippen molar-refractivity contribution in [3.05, 3.63) is 47.4 Å². The molecule has 2 N–H and O–H groups in total. The van der Waals surface area contributed by atoms with Gasteiger partial charge in [0.2, 0.25) is 0 Å². The van der Waals surface area contributed by atoms with E-state index in [1.54, 1.807) is 12.1 Å². The maximum Gasteiger partial charge on any atom is 0.153 e. The van der Waals surface area contributed by atoms with Crippen LogP contribution in [0.3, 0.4) is 0 Å². The van der Waals surface area contributed by atoms with Gasteiger partial charge in [0.1, 0.15) is 5.82 Å². The molecule has 1 aliphatic rings. The van der Waals surface area contributed by atoms with Crippen molar-refractivity contribution in [2.24, 2.45) is 0 Å². The Labute approximate surface area is 104 Å². The summed E-state index contributed by atoms with van der Waals surface area (Å²) < 4.78 is 13.1. The third kappa shape index (κ3) is 2.31. The largest absolute Gasteiger partial charge is 0.339 e. The van der Waals surface area contributed by atoms with Gasteiger partial charge in [0, 0.05) is 12.2 Å². The van der Waals surface area contributed by atoms with Gasteiger partial charge in [0.05, 0.1) is 5.69 Å². The summed E-state index contributed by atoms with van der Waals surface area (Å²) in [6, 6.07) is 8.28. The minimum absolute atomic E-state index is 0.268. The molecule has 92 valence electrons. The molecule has 0 fully saturated rings. The molecule has 0 unspecified atom stereocenters. The smallest absolute Gasteiger partial charge is 0.153 e. The number of anilines is 2. The number of nitrogens with one attached hydrogen (secondary N) is 2. The molecule has 0 radical (unpaired) electrons. The predicted molar refractivity (Wildman–Crippen MR) is 67.1 cm³/mol.